The quantitative estimate of drug-likeness (QED) is 0.873. The number of hydrogen-bond donors (Lipinski definition) is 2. The van der Waals surface area contributed by atoms with Gasteiger partial charge in [-0.15, -0.1) is 0 Å². The molecule has 1 heterocycles. The number of benzene rings is 1. The molecule has 2 aromatic rings. The Hall–Kier alpha value is -2.40. The van der Waals surface area contributed by atoms with Gasteiger partial charge >= 0.3 is 0 Å². The van der Waals surface area contributed by atoms with Crippen molar-refractivity contribution in [1.29, 1.82) is 0 Å². The topological polar surface area (TPSA) is 63.2 Å². The lowest BCUT2D eigenvalue weighted by Gasteiger charge is -2.09. The minimum Gasteiger partial charge on any atom is -0.494 e. The van der Waals surface area contributed by atoms with Crippen molar-refractivity contribution in [3.8, 4) is 5.75 Å². The molecule has 20 heavy (non-hydrogen) atoms. The molecule has 0 saturated carbocycles. The SMILES string of the molecule is CNCc1cccc(NC(=O)c2ccncc2OC)c1. The molecule has 0 aliphatic rings. The molecule has 0 bridgehead atoms. The van der Waals surface area contributed by atoms with E-state index in [0.717, 1.165) is 17.8 Å². The summed E-state index contributed by atoms with van der Waals surface area (Å²) in [5.74, 6) is 0.238. The highest BCUT2D eigenvalue weighted by Crippen LogP contribution is 2.18. The van der Waals surface area contributed by atoms with Crippen LogP contribution in [0, 0.1) is 0 Å². The zero-order chi connectivity index (χ0) is 14.4. The van der Waals surface area contributed by atoms with Crippen molar-refractivity contribution in [2.24, 2.45) is 0 Å². The molecule has 5 heteroatoms. The van der Waals surface area contributed by atoms with Gasteiger partial charge in [0.05, 0.1) is 18.9 Å². The van der Waals surface area contributed by atoms with Crippen LogP contribution in [-0.4, -0.2) is 25.0 Å². The molecule has 0 radical (unpaired) electrons. The number of nitrogens with zero attached hydrogens (tertiary/aromatic N) is 1. The fourth-order valence-corrected chi connectivity index (χ4v) is 1.89. The van der Waals surface area contributed by atoms with Gasteiger partial charge < -0.3 is 15.4 Å². The Balaban J connectivity index is 2.17. The summed E-state index contributed by atoms with van der Waals surface area (Å²) in [5, 5.41) is 5.93. The first-order valence-electron chi connectivity index (χ1n) is 6.27. The van der Waals surface area contributed by atoms with E-state index >= 15 is 0 Å². The highest BCUT2D eigenvalue weighted by Gasteiger charge is 2.12. The van der Waals surface area contributed by atoms with Gasteiger partial charge in [-0.2, -0.15) is 0 Å². The van der Waals surface area contributed by atoms with Crippen LogP contribution in [0.25, 0.3) is 0 Å². The third kappa shape index (κ3) is 3.33. The van der Waals surface area contributed by atoms with Crippen molar-refractivity contribution in [3.05, 3.63) is 53.9 Å². The van der Waals surface area contributed by atoms with Crippen LogP contribution in [-0.2, 0) is 6.54 Å². The van der Waals surface area contributed by atoms with Crippen LogP contribution in [0.5, 0.6) is 5.75 Å². The number of rotatable bonds is 5. The highest BCUT2D eigenvalue weighted by molar-refractivity contribution is 6.06. The molecule has 0 saturated heterocycles. The number of carbonyl (C=O) groups is 1. The number of anilines is 1. The van der Waals surface area contributed by atoms with Crippen molar-refractivity contribution < 1.29 is 9.53 Å². The fourth-order valence-electron chi connectivity index (χ4n) is 1.89. The monoisotopic (exact) mass is 271 g/mol. The van der Waals surface area contributed by atoms with E-state index in [0.29, 0.717) is 11.3 Å². The highest BCUT2D eigenvalue weighted by atomic mass is 16.5. The van der Waals surface area contributed by atoms with Crippen molar-refractivity contribution in [3.63, 3.8) is 0 Å². The molecule has 0 aliphatic carbocycles. The van der Waals surface area contributed by atoms with Gasteiger partial charge in [0.2, 0.25) is 0 Å². The number of ether oxygens (including phenoxy) is 1. The van der Waals surface area contributed by atoms with Gasteiger partial charge in [-0.1, -0.05) is 12.1 Å². The van der Waals surface area contributed by atoms with Crippen LogP contribution in [0.2, 0.25) is 0 Å². The normalized spacial score (nSPS) is 10.1. The third-order valence-electron chi connectivity index (χ3n) is 2.81. The minimum atomic E-state index is -0.217. The lowest BCUT2D eigenvalue weighted by Crippen LogP contribution is -2.14. The average molecular weight is 271 g/mol. The molecule has 0 aliphatic heterocycles. The molecule has 104 valence electrons. The van der Waals surface area contributed by atoms with Crippen LogP contribution in [0.3, 0.4) is 0 Å². The van der Waals surface area contributed by atoms with E-state index in [-0.39, 0.29) is 5.91 Å². The van der Waals surface area contributed by atoms with E-state index in [1.807, 2.05) is 31.3 Å². The predicted octanol–water partition coefficient (Wildman–Crippen LogP) is 2.06. The molecule has 2 N–H and O–H groups in total. The number of carbonyl (C=O) groups excluding carboxylic acids is 1. The molecule has 5 nitrogen and oxygen atoms in total. The van der Waals surface area contributed by atoms with Crippen LogP contribution < -0.4 is 15.4 Å². The summed E-state index contributed by atoms with van der Waals surface area (Å²) in [6.07, 6.45) is 3.08. The van der Waals surface area contributed by atoms with E-state index in [4.69, 9.17) is 4.74 Å². The Morgan fingerprint density at radius 3 is 2.95 bits per heavy atom. The molecule has 0 unspecified atom stereocenters. The number of amides is 1. The molecular weight excluding hydrogens is 254 g/mol. The first-order valence-corrected chi connectivity index (χ1v) is 6.27. The van der Waals surface area contributed by atoms with Gasteiger partial charge in [0.1, 0.15) is 5.75 Å². The summed E-state index contributed by atoms with van der Waals surface area (Å²) >= 11 is 0. The van der Waals surface area contributed by atoms with Gasteiger partial charge in [-0.05, 0) is 30.8 Å². The predicted molar refractivity (Wildman–Crippen MR) is 77.9 cm³/mol. The standard InChI is InChI=1S/C15H17N3O2/c1-16-9-11-4-3-5-12(8-11)18-15(19)13-6-7-17-10-14(13)20-2/h3-8,10,16H,9H2,1-2H3,(H,18,19). The second-order valence-electron chi connectivity index (χ2n) is 4.26. The Morgan fingerprint density at radius 1 is 1.35 bits per heavy atom. The summed E-state index contributed by atoms with van der Waals surface area (Å²) in [6.45, 7) is 0.752. The number of pyridine rings is 1. The van der Waals surface area contributed by atoms with Crippen molar-refractivity contribution in [1.82, 2.24) is 10.3 Å². The first kappa shape index (κ1) is 14.0. The van der Waals surface area contributed by atoms with E-state index < -0.39 is 0 Å². The molecule has 1 aromatic carbocycles. The summed E-state index contributed by atoms with van der Waals surface area (Å²) in [4.78, 5) is 16.2. The maximum Gasteiger partial charge on any atom is 0.259 e. The first-order chi connectivity index (χ1) is 9.74. The second-order valence-corrected chi connectivity index (χ2v) is 4.26. The van der Waals surface area contributed by atoms with Gasteiger partial charge in [0.15, 0.2) is 0 Å². The second kappa shape index (κ2) is 6.68. The summed E-state index contributed by atoms with van der Waals surface area (Å²) in [6, 6.07) is 9.32. The largest absolute Gasteiger partial charge is 0.494 e. The van der Waals surface area contributed by atoms with Crippen molar-refractivity contribution in [2.45, 2.75) is 6.54 Å². The van der Waals surface area contributed by atoms with E-state index in [9.17, 15) is 4.79 Å². The summed E-state index contributed by atoms with van der Waals surface area (Å²) in [7, 11) is 3.40. The van der Waals surface area contributed by atoms with Crippen LogP contribution in [0.1, 0.15) is 15.9 Å². The maximum absolute atomic E-state index is 12.2. The molecule has 1 amide bonds. The molecule has 1 aromatic heterocycles. The molecule has 0 fully saturated rings. The summed E-state index contributed by atoms with van der Waals surface area (Å²) < 4.78 is 5.13. The van der Waals surface area contributed by atoms with E-state index in [2.05, 4.69) is 15.6 Å². The maximum atomic E-state index is 12.2. The minimum absolute atomic E-state index is 0.217. The Morgan fingerprint density at radius 2 is 2.20 bits per heavy atom. The van der Waals surface area contributed by atoms with Gasteiger partial charge in [-0.25, -0.2) is 0 Å². The number of aromatic nitrogens is 1. The van der Waals surface area contributed by atoms with E-state index in [1.54, 1.807) is 12.3 Å². The van der Waals surface area contributed by atoms with Crippen LogP contribution in [0.4, 0.5) is 5.69 Å². The van der Waals surface area contributed by atoms with Crippen molar-refractivity contribution >= 4 is 11.6 Å². The third-order valence-corrected chi connectivity index (χ3v) is 2.81. The van der Waals surface area contributed by atoms with Gasteiger partial charge in [0.25, 0.3) is 5.91 Å². The molecule has 2 rings (SSSR count). The Bertz CT molecular complexity index is 599. The van der Waals surface area contributed by atoms with Gasteiger partial charge in [-0.3, -0.25) is 9.78 Å². The van der Waals surface area contributed by atoms with Crippen LogP contribution >= 0.6 is 0 Å². The number of hydrogen-bond acceptors (Lipinski definition) is 4. The molecule has 0 atom stereocenters. The smallest absolute Gasteiger partial charge is 0.259 e. The average Bonchev–Trinajstić information content (AvgIpc) is 2.48. The van der Waals surface area contributed by atoms with Crippen LogP contribution in [0.15, 0.2) is 42.7 Å². The zero-order valence-corrected chi connectivity index (χ0v) is 11.5. The summed E-state index contributed by atoms with van der Waals surface area (Å²) in [5.41, 5.74) is 2.31. The number of nitrogens with one attached hydrogen (secondary N) is 2. The Kier molecular flexibility index (Phi) is 4.68. The van der Waals surface area contributed by atoms with E-state index in [1.165, 1.54) is 13.3 Å². The van der Waals surface area contributed by atoms with Gasteiger partial charge in [0, 0.05) is 18.4 Å². The zero-order valence-electron chi connectivity index (χ0n) is 11.5. The lowest BCUT2D eigenvalue weighted by molar-refractivity contribution is 0.102. The lowest BCUT2D eigenvalue weighted by atomic mass is 10.2. The number of methoxy groups -OCH3 is 1. The fraction of sp³-hybridized carbons (Fsp3) is 0.200. The molecular formula is C15H17N3O2. The Labute approximate surface area is 118 Å². The molecule has 0 spiro atoms. The van der Waals surface area contributed by atoms with Crippen molar-refractivity contribution in [2.75, 3.05) is 19.5 Å².